The minimum atomic E-state index is -0.122. The molecule has 0 spiro atoms. The Balaban J connectivity index is 1.98. The molecule has 0 atom stereocenters. The highest BCUT2D eigenvalue weighted by molar-refractivity contribution is 5.80. The highest BCUT2D eigenvalue weighted by Gasteiger charge is 2.31. The fourth-order valence-corrected chi connectivity index (χ4v) is 3.43. The molecule has 2 aromatic carbocycles. The number of aromatic nitrogens is 3. The summed E-state index contributed by atoms with van der Waals surface area (Å²) in [7, 11) is 0. The van der Waals surface area contributed by atoms with Crippen LogP contribution >= 0.6 is 0 Å². The summed E-state index contributed by atoms with van der Waals surface area (Å²) in [6, 6.07) is 10.7. The Bertz CT molecular complexity index is 1080. The lowest BCUT2D eigenvalue weighted by Crippen LogP contribution is -2.17. The third kappa shape index (κ3) is 2.27. The number of hydrogen-bond donors (Lipinski definition) is 1. The fraction of sp³-hybridized carbons (Fsp3) is 0.429. The molecule has 4 nitrogen and oxygen atoms in total. The van der Waals surface area contributed by atoms with E-state index in [1.807, 2.05) is 0 Å². The van der Waals surface area contributed by atoms with Gasteiger partial charge >= 0.3 is 0 Å². The quantitative estimate of drug-likeness (QED) is 0.519. The van der Waals surface area contributed by atoms with Crippen molar-refractivity contribution >= 4 is 11.0 Å². The zero-order valence-corrected chi connectivity index (χ0v) is 16.2. The van der Waals surface area contributed by atoms with Gasteiger partial charge in [0.2, 0.25) is 0 Å². The average Bonchev–Trinajstić information content (AvgIpc) is 3.12. The molecule has 4 heteroatoms. The Morgan fingerprint density at radius 3 is 2.04 bits per heavy atom. The summed E-state index contributed by atoms with van der Waals surface area (Å²) in [6.07, 6.45) is 0. The maximum atomic E-state index is 11.0. The third-order valence-corrected chi connectivity index (χ3v) is 5.05. The maximum Gasteiger partial charge on any atom is 0.146 e. The van der Waals surface area contributed by atoms with Crippen LogP contribution in [-0.4, -0.2) is 19.2 Å². The van der Waals surface area contributed by atoms with E-state index in [-0.39, 0.29) is 10.8 Å². The molecule has 1 N–H and O–H groups in total. The van der Waals surface area contributed by atoms with Crippen molar-refractivity contribution in [3.63, 3.8) is 0 Å². The van der Waals surface area contributed by atoms with Crippen LogP contribution in [0.5, 0.6) is 5.75 Å². The SMILES string of the molecule is Cc1ccc2c(c1)n1n(-c3cc(C(C)(C)C)cc(C(C)(C)C)c3O)n21. The number of rotatable bonds is 1. The van der Waals surface area contributed by atoms with Gasteiger partial charge in [-0.1, -0.05) is 53.7 Å². The predicted octanol–water partition coefficient (Wildman–Crippen LogP) is 5.03. The summed E-state index contributed by atoms with van der Waals surface area (Å²) >= 11 is 0. The number of phenolic OH excluding ortho intramolecular Hbond substituents is 1. The van der Waals surface area contributed by atoms with Crippen LogP contribution in [0.4, 0.5) is 0 Å². The topological polar surface area (TPSA) is 34.0 Å². The van der Waals surface area contributed by atoms with Gasteiger partial charge in [-0.25, -0.2) is 0 Å². The van der Waals surface area contributed by atoms with Crippen LogP contribution in [0, 0.1) is 6.92 Å². The Kier molecular flexibility index (Phi) is 2.98. The lowest BCUT2D eigenvalue weighted by atomic mass is 9.80. The molecular weight excluding hydrogens is 310 g/mol. The van der Waals surface area contributed by atoms with Gasteiger partial charge in [-0.2, -0.15) is 0 Å². The minimum Gasteiger partial charge on any atom is -0.505 e. The van der Waals surface area contributed by atoms with Crippen molar-refractivity contribution in [1.29, 1.82) is 0 Å². The van der Waals surface area contributed by atoms with Crippen LogP contribution in [0.15, 0.2) is 30.3 Å². The van der Waals surface area contributed by atoms with Gasteiger partial charge in [-0.3, -0.25) is 0 Å². The second-order valence-corrected chi connectivity index (χ2v) is 9.25. The second-order valence-electron chi connectivity index (χ2n) is 9.25. The molecule has 0 saturated heterocycles. The summed E-state index contributed by atoms with van der Waals surface area (Å²) in [5.74, 6) is 0.373. The molecule has 0 aliphatic carbocycles. The van der Waals surface area contributed by atoms with Gasteiger partial charge in [0.1, 0.15) is 22.5 Å². The summed E-state index contributed by atoms with van der Waals surface area (Å²) in [4.78, 5) is 2.06. The molecule has 132 valence electrons. The van der Waals surface area contributed by atoms with E-state index in [1.165, 1.54) is 22.2 Å². The number of nitrogens with zero attached hydrogens (tertiary/aromatic N) is 3. The van der Waals surface area contributed by atoms with E-state index in [4.69, 9.17) is 0 Å². The summed E-state index contributed by atoms with van der Waals surface area (Å²) in [6.45, 7) is 15.2. The van der Waals surface area contributed by atoms with Gasteiger partial charge in [-0.15, -0.1) is 14.1 Å². The molecular formula is C21H27N3O. The predicted molar refractivity (Wildman–Crippen MR) is 103 cm³/mol. The van der Waals surface area contributed by atoms with Crippen molar-refractivity contribution in [2.75, 3.05) is 0 Å². The number of hydrogen-bond acceptors (Lipinski definition) is 1. The van der Waals surface area contributed by atoms with Gasteiger partial charge in [0, 0.05) is 5.56 Å². The van der Waals surface area contributed by atoms with Crippen LogP contribution in [-0.2, 0) is 10.8 Å². The molecule has 25 heavy (non-hydrogen) atoms. The molecule has 0 saturated carbocycles. The standard InChI is InChI=1S/C21H27N3O/c1-13-8-9-16-17(10-13)23-22(16)24(23)18-12-14(20(2,3)4)11-15(19(18)25)21(5,6)7/h8-12,25H,1-7H3. The van der Waals surface area contributed by atoms with Crippen LogP contribution in [0.2, 0.25) is 0 Å². The molecule has 4 rings (SSSR count). The zero-order valence-electron chi connectivity index (χ0n) is 16.2. The smallest absolute Gasteiger partial charge is 0.146 e. The van der Waals surface area contributed by atoms with E-state index in [1.54, 1.807) is 0 Å². The van der Waals surface area contributed by atoms with Crippen molar-refractivity contribution in [3.8, 4) is 11.4 Å². The van der Waals surface area contributed by atoms with E-state index < -0.39 is 0 Å². The van der Waals surface area contributed by atoms with Crippen LogP contribution < -0.4 is 0 Å². The van der Waals surface area contributed by atoms with Crippen LogP contribution in [0.3, 0.4) is 0 Å². The summed E-state index contributed by atoms with van der Waals surface area (Å²) < 4.78 is 4.21. The van der Waals surface area contributed by atoms with E-state index in [9.17, 15) is 5.11 Å². The highest BCUT2D eigenvalue weighted by atomic mass is 16.3. The van der Waals surface area contributed by atoms with Gasteiger partial charge < -0.3 is 5.11 Å². The maximum absolute atomic E-state index is 11.0. The lowest BCUT2D eigenvalue weighted by molar-refractivity contribution is 0.441. The van der Waals surface area contributed by atoms with Crippen molar-refractivity contribution in [1.82, 2.24) is 14.1 Å². The number of aromatic hydroxyl groups is 1. The van der Waals surface area contributed by atoms with E-state index in [0.717, 1.165) is 11.3 Å². The van der Waals surface area contributed by atoms with Gasteiger partial charge in [0.25, 0.3) is 0 Å². The largest absolute Gasteiger partial charge is 0.505 e. The zero-order chi connectivity index (χ0) is 18.3. The number of benzene rings is 2. The molecule has 0 unspecified atom stereocenters. The molecule has 2 heterocycles. The first-order valence-corrected chi connectivity index (χ1v) is 8.89. The second kappa shape index (κ2) is 4.63. The van der Waals surface area contributed by atoms with Crippen molar-refractivity contribution in [2.24, 2.45) is 0 Å². The first-order chi connectivity index (χ1) is 11.5. The molecule has 0 radical (unpaired) electrons. The monoisotopic (exact) mass is 337 g/mol. The molecule has 0 bridgehead atoms. The Morgan fingerprint density at radius 2 is 1.44 bits per heavy atom. The fourth-order valence-electron chi connectivity index (χ4n) is 3.43. The Labute approximate surface area is 148 Å². The van der Waals surface area contributed by atoms with Crippen molar-refractivity contribution in [3.05, 3.63) is 47.0 Å². The lowest BCUT2D eigenvalue weighted by Gasteiger charge is -2.26. The number of phenols is 1. The normalized spacial score (nSPS) is 13.6. The summed E-state index contributed by atoms with van der Waals surface area (Å²) in [5.41, 5.74) is 6.60. The molecule has 0 aliphatic rings. The first kappa shape index (κ1) is 16.1. The molecule has 2 aromatic heterocycles. The Morgan fingerprint density at radius 1 is 0.800 bits per heavy atom. The molecule has 4 aromatic rings. The van der Waals surface area contributed by atoms with Gasteiger partial charge in [0.15, 0.2) is 0 Å². The molecule has 0 amide bonds. The van der Waals surface area contributed by atoms with Crippen molar-refractivity contribution in [2.45, 2.75) is 59.3 Å². The third-order valence-electron chi connectivity index (χ3n) is 5.05. The van der Waals surface area contributed by atoms with E-state index in [0.29, 0.717) is 5.75 Å². The van der Waals surface area contributed by atoms with Gasteiger partial charge in [-0.05, 0) is 47.1 Å². The molecule has 0 fully saturated rings. The van der Waals surface area contributed by atoms with Crippen molar-refractivity contribution < 1.29 is 5.11 Å². The average molecular weight is 337 g/mol. The van der Waals surface area contributed by atoms with Gasteiger partial charge in [0.05, 0.1) is 0 Å². The Hall–Kier alpha value is -2.36. The summed E-state index contributed by atoms with van der Waals surface area (Å²) in [5, 5.41) is 11.0. The first-order valence-electron chi connectivity index (χ1n) is 8.89. The van der Waals surface area contributed by atoms with E-state index in [2.05, 4.69) is 92.9 Å². The number of aryl methyl sites for hydroxylation is 1. The van der Waals surface area contributed by atoms with Crippen LogP contribution in [0.25, 0.3) is 16.7 Å². The van der Waals surface area contributed by atoms with Crippen LogP contribution in [0.1, 0.15) is 58.2 Å². The van der Waals surface area contributed by atoms with E-state index >= 15 is 0 Å². The minimum absolute atomic E-state index is 0.0195. The molecule has 0 aliphatic heterocycles. The number of fused-ring (bicyclic) bond motifs is 4. The highest BCUT2D eigenvalue weighted by Crippen LogP contribution is 2.41.